The van der Waals surface area contributed by atoms with Gasteiger partial charge in [-0.25, -0.2) is 0 Å². The molecule has 0 radical (unpaired) electrons. The van der Waals surface area contributed by atoms with Crippen LogP contribution in [0.2, 0.25) is 0 Å². The minimum atomic E-state index is 0.652. The summed E-state index contributed by atoms with van der Waals surface area (Å²) < 4.78 is 5.19. The first-order valence-corrected chi connectivity index (χ1v) is 16.9. The van der Waals surface area contributed by atoms with Gasteiger partial charge in [0.05, 0.1) is 11.6 Å². The molecule has 1 nitrogen and oxygen atoms in total. The maximum Gasteiger partial charge on any atom is 0.0992 e. The van der Waals surface area contributed by atoms with E-state index in [0.717, 1.165) is 33.4 Å². The highest BCUT2D eigenvalue weighted by Gasteiger charge is 2.15. The fourth-order valence-electron chi connectivity index (χ4n) is 6.66. The van der Waals surface area contributed by atoms with Crippen molar-refractivity contribution in [3.8, 4) is 50.6 Å². The molecule has 0 fully saturated rings. The molecule has 214 valence electrons. The zero-order chi connectivity index (χ0) is 30.6. The van der Waals surface area contributed by atoms with E-state index in [0.29, 0.717) is 5.56 Å². The largest absolute Gasteiger partial charge is 0.192 e. The van der Waals surface area contributed by atoms with Gasteiger partial charge < -0.3 is 0 Å². The van der Waals surface area contributed by atoms with Crippen LogP contribution in [0.5, 0.6) is 0 Å². The van der Waals surface area contributed by atoms with Gasteiger partial charge in [0.25, 0.3) is 0 Å². The maximum atomic E-state index is 10.1. The number of rotatable bonds is 4. The van der Waals surface area contributed by atoms with Gasteiger partial charge in [-0.05, 0) is 99.1 Å². The molecule has 9 aromatic rings. The Morgan fingerprint density at radius 3 is 1.76 bits per heavy atom. The first kappa shape index (κ1) is 26.8. The van der Waals surface area contributed by atoms with Crippen LogP contribution in [0.25, 0.3) is 84.9 Å². The standard InChI is InChI=1S/C43H25NS2/c44-26-27-20-32(28-8-2-1-3-9-28)22-33(21-27)38-23-29(30-16-19-42-39(24-30)36-11-5-7-13-41(36)45-42)14-17-34(38)31-15-18-37-35-10-4-6-12-40(35)46-43(37)25-31/h1-25H. The van der Waals surface area contributed by atoms with E-state index in [4.69, 9.17) is 0 Å². The van der Waals surface area contributed by atoms with Crippen LogP contribution < -0.4 is 0 Å². The minimum absolute atomic E-state index is 0.652. The molecule has 0 aliphatic rings. The zero-order valence-electron chi connectivity index (χ0n) is 24.7. The van der Waals surface area contributed by atoms with Crippen molar-refractivity contribution in [2.75, 3.05) is 0 Å². The highest BCUT2D eigenvalue weighted by Crippen LogP contribution is 2.42. The van der Waals surface area contributed by atoms with Crippen LogP contribution in [0.1, 0.15) is 5.56 Å². The smallest absolute Gasteiger partial charge is 0.0992 e. The van der Waals surface area contributed by atoms with Crippen LogP contribution in [0, 0.1) is 11.3 Å². The van der Waals surface area contributed by atoms with E-state index >= 15 is 0 Å². The second-order valence-corrected chi connectivity index (χ2v) is 13.8. The van der Waals surface area contributed by atoms with Crippen LogP contribution >= 0.6 is 22.7 Å². The van der Waals surface area contributed by atoms with E-state index < -0.39 is 0 Å². The van der Waals surface area contributed by atoms with Gasteiger partial charge in [-0.2, -0.15) is 5.26 Å². The molecule has 7 aromatic carbocycles. The fraction of sp³-hybridized carbons (Fsp3) is 0. The van der Waals surface area contributed by atoms with Crippen molar-refractivity contribution in [2.45, 2.75) is 0 Å². The maximum absolute atomic E-state index is 10.1. The van der Waals surface area contributed by atoms with Gasteiger partial charge in [0.15, 0.2) is 0 Å². The third kappa shape index (κ3) is 4.51. The number of nitrogens with zero attached hydrogens (tertiary/aromatic N) is 1. The zero-order valence-corrected chi connectivity index (χ0v) is 26.3. The van der Waals surface area contributed by atoms with Crippen LogP contribution in [0.3, 0.4) is 0 Å². The number of hydrogen-bond acceptors (Lipinski definition) is 3. The molecule has 0 N–H and O–H groups in total. The van der Waals surface area contributed by atoms with Crippen molar-refractivity contribution in [1.29, 1.82) is 5.26 Å². The summed E-state index contributed by atoms with van der Waals surface area (Å²) in [6, 6.07) is 56.8. The molecular formula is C43H25NS2. The molecule has 46 heavy (non-hydrogen) atoms. The molecule has 2 aromatic heterocycles. The summed E-state index contributed by atoms with van der Waals surface area (Å²) in [6.45, 7) is 0. The Hall–Kier alpha value is -5.53. The summed E-state index contributed by atoms with van der Waals surface area (Å²) >= 11 is 3.68. The lowest BCUT2D eigenvalue weighted by atomic mass is 9.88. The molecule has 2 heterocycles. The lowest BCUT2D eigenvalue weighted by molar-refractivity contribution is 1.48. The summed E-state index contributed by atoms with van der Waals surface area (Å²) in [5.41, 5.74) is 9.60. The number of nitriles is 1. The molecule has 0 unspecified atom stereocenters. The van der Waals surface area contributed by atoms with Crippen molar-refractivity contribution >= 4 is 63.0 Å². The van der Waals surface area contributed by atoms with E-state index in [1.54, 1.807) is 0 Å². The van der Waals surface area contributed by atoms with Crippen molar-refractivity contribution < 1.29 is 0 Å². The van der Waals surface area contributed by atoms with Crippen LogP contribution in [-0.2, 0) is 0 Å². The van der Waals surface area contributed by atoms with Crippen molar-refractivity contribution in [2.24, 2.45) is 0 Å². The highest BCUT2D eigenvalue weighted by atomic mass is 32.1. The number of benzene rings is 7. The molecule has 0 spiro atoms. The Balaban J connectivity index is 1.27. The highest BCUT2D eigenvalue weighted by molar-refractivity contribution is 7.26. The molecule has 0 atom stereocenters. The van der Waals surface area contributed by atoms with E-state index in [9.17, 15) is 5.26 Å². The topological polar surface area (TPSA) is 23.8 Å². The van der Waals surface area contributed by atoms with Crippen molar-refractivity contribution in [3.05, 3.63) is 157 Å². The Morgan fingerprint density at radius 2 is 0.957 bits per heavy atom. The molecule has 0 amide bonds. The predicted molar refractivity (Wildman–Crippen MR) is 199 cm³/mol. The minimum Gasteiger partial charge on any atom is -0.192 e. The SMILES string of the molecule is N#Cc1cc(-c2ccccc2)cc(-c2cc(-c3ccc4sc5ccccc5c4c3)ccc2-c2ccc3c(c2)sc2ccccc23)c1. The summed E-state index contributed by atoms with van der Waals surface area (Å²) in [5.74, 6) is 0. The average Bonchev–Trinajstić information content (AvgIpc) is 3.69. The summed E-state index contributed by atoms with van der Waals surface area (Å²) in [6.07, 6.45) is 0. The number of hydrogen-bond donors (Lipinski definition) is 0. The third-order valence-corrected chi connectivity index (χ3v) is 11.2. The van der Waals surface area contributed by atoms with Gasteiger partial charge >= 0.3 is 0 Å². The third-order valence-electron chi connectivity index (χ3n) is 8.90. The number of fused-ring (bicyclic) bond motifs is 6. The average molecular weight is 620 g/mol. The lowest BCUT2D eigenvalue weighted by Gasteiger charge is -2.15. The van der Waals surface area contributed by atoms with Gasteiger partial charge in [-0.3, -0.25) is 0 Å². The van der Waals surface area contributed by atoms with Gasteiger partial charge in [0, 0.05) is 40.3 Å². The molecule has 0 bridgehead atoms. The molecule has 3 heteroatoms. The molecule has 0 aliphatic heterocycles. The van der Waals surface area contributed by atoms with Crippen molar-refractivity contribution in [1.82, 2.24) is 0 Å². The molecule has 9 rings (SSSR count). The lowest BCUT2D eigenvalue weighted by Crippen LogP contribution is -1.90. The Bertz CT molecular complexity index is 2650. The molecular weight excluding hydrogens is 595 g/mol. The van der Waals surface area contributed by atoms with Crippen LogP contribution in [-0.4, -0.2) is 0 Å². The summed E-state index contributed by atoms with van der Waals surface area (Å²) in [5, 5.41) is 15.3. The van der Waals surface area contributed by atoms with E-state index in [1.807, 2.05) is 53.0 Å². The van der Waals surface area contributed by atoms with Gasteiger partial charge in [0.2, 0.25) is 0 Å². The first-order chi connectivity index (χ1) is 22.7. The first-order valence-electron chi connectivity index (χ1n) is 15.3. The Labute approximate surface area is 274 Å². The molecule has 0 saturated carbocycles. The monoisotopic (exact) mass is 619 g/mol. The fourth-order valence-corrected chi connectivity index (χ4v) is 8.89. The second-order valence-electron chi connectivity index (χ2n) is 11.7. The van der Waals surface area contributed by atoms with E-state index in [-0.39, 0.29) is 0 Å². The number of thiophene rings is 2. The second kappa shape index (κ2) is 10.8. The van der Waals surface area contributed by atoms with Crippen LogP contribution in [0.4, 0.5) is 0 Å². The normalized spacial score (nSPS) is 11.5. The quantitative estimate of drug-likeness (QED) is 0.192. The van der Waals surface area contributed by atoms with Gasteiger partial charge in [0.1, 0.15) is 0 Å². The van der Waals surface area contributed by atoms with E-state index in [1.165, 1.54) is 51.5 Å². The Morgan fingerprint density at radius 1 is 0.348 bits per heavy atom. The van der Waals surface area contributed by atoms with Gasteiger partial charge in [-0.1, -0.05) is 97.1 Å². The predicted octanol–water partition coefficient (Wildman–Crippen LogP) is 13.0. The van der Waals surface area contributed by atoms with Gasteiger partial charge in [-0.15, -0.1) is 22.7 Å². The van der Waals surface area contributed by atoms with Crippen LogP contribution in [0.15, 0.2) is 152 Å². The molecule has 0 saturated heterocycles. The summed E-state index contributed by atoms with van der Waals surface area (Å²) in [7, 11) is 0. The van der Waals surface area contributed by atoms with E-state index in [2.05, 4.69) is 127 Å². The molecule has 0 aliphatic carbocycles. The summed E-state index contributed by atoms with van der Waals surface area (Å²) in [4.78, 5) is 0. The Kier molecular flexibility index (Phi) is 6.31. The van der Waals surface area contributed by atoms with Crippen molar-refractivity contribution in [3.63, 3.8) is 0 Å².